The molecule has 0 radical (unpaired) electrons. The van der Waals surface area contributed by atoms with Gasteiger partial charge in [-0.3, -0.25) is 4.79 Å². The van der Waals surface area contributed by atoms with E-state index in [1.807, 2.05) is 18.4 Å². The van der Waals surface area contributed by atoms with Crippen molar-refractivity contribution in [3.05, 3.63) is 29.8 Å². The van der Waals surface area contributed by atoms with E-state index in [1.54, 1.807) is 23.9 Å². The average Bonchev–Trinajstić information content (AvgIpc) is 2.26. The van der Waals surface area contributed by atoms with Gasteiger partial charge in [-0.2, -0.15) is 0 Å². The Morgan fingerprint density at radius 3 is 2.40 bits per heavy atom. The van der Waals surface area contributed by atoms with Crippen molar-refractivity contribution >= 4 is 23.4 Å². The Morgan fingerprint density at radius 2 is 2.00 bits per heavy atom. The molecule has 0 saturated carbocycles. The topological polar surface area (TPSA) is 69.9 Å². The molecule has 15 heavy (non-hydrogen) atoms. The number of rotatable bonds is 4. The molecule has 0 aliphatic carbocycles. The first-order valence-electron chi connectivity index (χ1n) is 4.24. The van der Waals surface area contributed by atoms with Crippen molar-refractivity contribution in [3.63, 3.8) is 0 Å². The minimum atomic E-state index is -1.02. The quantitative estimate of drug-likeness (QED) is 0.356. The summed E-state index contributed by atoms with van der Waals surface area (Å²) in [5.41, 5.74) is 0.785. The molecule has 1 aromatic carbocycles. The van der Waals surface area contributed by atoms with Crippen LogP contribution >= 0.6 is 11.8 Å². The number of aliphatic carboxylic acids is 1. The average molecular weight is 225 g/mol. The van der Waals surface area contributed by atoms with E-state index in [-0.39, 0.29) is 12.1 Å². The Balaban J connectivity index is 2.89. The van der Waals surface area contributed by atoms with Gasteiger partial charge in [0.15, 0.2) is 0 Å². The fraction of sp³-hybridized carbons (Fsp3) is 0.200. The summed E-state index contributed by atoms with van der Waals surface area (Å²) in [5.74, 6) is -1.02. The minimum Gasteiger partial charge on any atom is -0.481 e. The van der Waals surface area contributed by atoms with Crippen LogP contribution in [0.3, 0.4) is 0 Å². The Labute approximate surface area is 91.6 Å². The van der Waals surface area contributed by atoms with Gasteiger partial charge in [-0.15, -0.1) is 11.8 Å². The summed E-state index contributed by atoms with van der Waals surface area (Å²) in [6.45, 7) is 0. The summed E-state index contributed by atoms with van der Waals surface area (Å²) in [6, 6.07) is 7.19. The van der Waals surface area contributed by atoms with Gasteiger partial charge in [0.25, 0.3) is 0 Å². The van der Waals surface area contributed by atoms with Crippen LogP contribution in [0.2, 0.25) is 0 Å². The van der Waals surface area contributed by atoms with Crippen molar-refractivity contribution in [2.45, 2.75) is 11.3 Å². The van der Waals surface area contributed by atoms with Gasteiger partial charge in [0, 0.05) is 4.90 Å². The molecule has 0 fully saturated rings. The fourth-order valence-corrected chi connectivity index (χ4v) is 1.53. The van der Waals surface area contributed by atoms with Crippen LogP contribution in [0.15, 0.2) is 34.3 Å². The van der Waals surface area contributed by atoms with Crippen LogP contribution in [0.25, 0.3) is 0 Å². The van der Waals surface area contributed by atoms with Crippen LogP contribution in [0, 0.1) is 0 Å². The maximum Gasteiger partial charge on any atom is 0.309 e. The van der Waals surface area contributed by atoms with Gasteiger partial charge >= 0.3 is 5.97 Å². The first-order valence-corrected chi connectivity index (χ1v) is 5.47. The van der Waals surface area contributed by atoms with E-state index in [0.717, 1.165) is 4.90 Å². The van der Waals surface area contributed by atoms with Crippen LogP contribution in [0.4, 0.5) is 0 Å². The molecule has 1 aromatic rings. The molecule has 1 rings (SSSR count). The highest BCUT2D eigenvalue weighted by atomic mass is 32.2. The van der Waals surface area contributed by atoms with E-state index >= 15 is 0 Å². The van der Waals surface area contributed by atoms with Gasteiger partial charge in [-0.25, -0.2) is 0 Å². The number of carboxylic acids is 1. The van der Waals surface area contributed by atoms with Crippen LogP contribution in [0.5, 0.6) is 0 Å². The molecule has 2 N–H and O–H groups in total. The predicted octanol–water partition coefficient (Wildman–Crippen LogP) is 2.06. The third-order valence-electron chi connectivity index (χ3n) is 1.86. The number of carboxylic acid groups (broad SMARTS) is 1. The van der Waals surface area contributed by atoms with Gasteiger partial charge in [0.1, 0.15) is 0 Å². The van der Waals surface area contributed by atoms with Crippen molar-refractivity contribution in [1.82, 2.24) is 0 Å². The highest BCUT2D eigenvalue weighted by molar-refractivity contribution is 7.98. The molecule has 0 aliphatic rings. The lowest BCUT2D eigenvalue weighted by Crippen LogP contribution is -2.08. The van der Waals surface area contributed by atoms with Crippen molar-refractivity contribution < 1.29 is 15.1 Å². The SMILES string of the molecule is CSc1ccc(/C(CC(=O)O)=N\O)cc1. The minimum absolute atomic E-state index is 0.162. The smallest absolute Gasteiger partial charge is 0.309 e. The van der Waals surface area contributed by atoms with Gasteiger partial charge in [-0.05, 0) is 24.0 Å². The van der Waals surface area contributed by atoms with Crippen molar-refractivity contribution in [2.24, 2.45) is 5.16 Å². The summed E-state index contributed by atoms with van der Waals surface area (Å²) >= 11 is 1.59. The molecule has 80 valence electrons. The van der Waals surface area contributed by atoms with E-state index in [9.17, 15) is 4.79 Å². The number of hydrogen-bond acceptors (Lipinski definition) is 4. The van der Waals surface area contributed by atoms with E-state index in [2.05, 4.69) is 5.16 Å². The second kappa shape index (κ2) is 5.41. The molecule has 0 bridgehead atoms. The molecular weight excluding hydrogens is 214 g/mol. The molecule has 0 saturated heterocycles. The van der Waals surface area contributed by atoms with E-state index in [1.165, 1.54) is 0 Å². The number of carbonyl (C=O) groups is 1. The molecule has 0 unspecified atom stereocenters. The molecule has 0 heterocycles. The van der Waals surface area contributed by atoms with Crippen molar-refractivity contribution in [1.29, 1.82) is 0 Å². The summed E-state index contributed by atoms with van der Waals surface area (Å²) in [4.78, 5) is 11.5. The predicted molar refractivity (Wildman–Crippen MR) is 58.8 cm³/mol. The molecule has 0 atom stereocenters. The molecule has 0 amide bonds. The summed E-state index contributed by atoms with van der Waals surface area (Å²) in [7, 11) is 0. The Kier molecular flexibility index (Phi) is 4.17. The Bertz CT molecular complexity index is 373. The first kappa shape index (κ1) is 11.6. The molecule has 0 spiro atoms. The molecule has 0 aliphatic heterocycles. The zero-order valence-electron chi connectivity index (χ0n) is 8.17. The number of thioether (sulfide) groups is 1. The standard InChI is InChI=1S/C10H11NO3S/c1-15-8-4-2-7(3-5-8)9(11-14)6-10(12)13/h2-5,14H,6H2,1H3,(H,12,13)/b11-9-. The zero-order chi connectivity index (χ0) is 11.3. The summed E-state index contributed by atoms with van der Waals surface area (Å²) in [5, 5.41) is 20.2. The second-order valence-electron chi connectivity index (χ2n) is 2.85. The van der Waals surface area contributed by atoms with Crippen molar-refractivity contribution in [3.8, 4) is 0 Å². The maximum atomic E-state index is 10.5. The van der Waals surface area contributed by atoms with Crippen LogP contribution in [0.1, 0.15) is 12.0 Å². The summed E-state index contributed by atoms with van der Waals surface area (Å²) < 4.78 is 0. The maximum absolute atomic E-state index is 10.5. The third-order valence-corrected chi connectivity index (χ3v) is 2.61. The fourth-order valence-electron chi connectivity index (χ4n) is 1.12. The second-order valence-corrected chi connectivity index (χ2v) is 3.73. The Hall–Kier alpha value is -1.49. The van der Waals surface area contributed by atoms with E-state index in [0.29, 0.717) is 5.56 Å². The number of hydrogen-bond donors (Lipinski definition) is 2. The van der Waals surface area contributed by atoms with Gasteiger partial charge in [0.2, 0.25) is 0 Å². The van der Waals surface area contributed by atoms with Crippen LogP contribution in [-0.4, -0.2) is 28.3 Å². The van der Waals surface area contributed by atoms with Gasteiger partial charge in [0.05, 0.1) is 12.1 Å². The van der Waals surface area contributed by atoms with E-state index in [4.69, 9.17) is 10.3 Å². The lowest BCUT2D eigenvalue weighted by molar-refractivity contribution is -0.135. The van der Waals surface area contributed by atoms with Gasteiger partial charge < -0.3 is 10.3 Å². The molecule has 5 heteroatoms. The molecule has 4 nitrogen and oxygen atoms in total. The summed E-state index contributed by atoms with van der Waals surface area (Å²) in [6.07, 6.45) is 1.67. The normalized spacial score (nSPS) is 11.4. The number of benzene rings is 1. The third kappa shape index (κ3) is 3.28. The Morgan fingerprint density at radius 1 is 1.40 bits per heavy atom. The van der Waals surface area contributed by atoms with Crippen LogP contribution < -0.4 is 0 Å². The first-order chi connectivity index (χ1) is 7.17. The lowest BCUT2D eigenvalue weighted by Gasteiger charge is -2.02. The molecular formula is C10H11NO3S. The lowest BCUT2D eigenvalue weighted by atomic mass is 10.1. The zero-order valence-corrected chi connectivity index (χ0v) is 8.99. The largest absolute Gasteiger partial charge is 0.481 e. The monoisotopic (exact) mass is 225 g/mol. The highest BCUT2D eigenvalue weighted by Gasteiger charge is 2.08. The van der Waals surface area contributed by atoms with E-state index < -0.39 is 5.97 Å². The van der Waals surface area contributed by atoms with Crippen molar-refractivity contribution in [2.75, 3.05) is 6.26 Å². The van der Waals surface area contributed by atoms with Crippen LogP contribution in [-0.2, 0) is 4.79 Å². The number of oxime groups is 1. The number of nitrogens with zero attached hydrogens (tertiary/aromatic N) is 1. The molecule has 0 aromatic heterocycles. The highest BCUT2D eigenvalue weighted by Crippen LogP contribution is 2.15. The van der Waals surface area contributed by atoms with Gasteiger partial charge in [-0.1, -0.05) is 17.3 Å².